The van der Waals surface area contributed by atoms with Crippen LogP contribution in [0.25, 0.3) is 0 Å². The average molecular weight is 645 g/mol. The Morgan fingerprint density at radius 1 is 1.02 bits per heavy atom. The Labute approximate surface area is 263 Å². The monoisotopic (exact) mass is 644 g/mol. The van der Waals surface area contributed by atoms with Crippen molar-refractivity contribution in [2.24, 2.45) is 5.92 Å². The lowest BCUT2D eigenvalue weighted by Gasteiger charge is -2.32. The third kappa shape index (κ3) is 8.26. The van der Waals surface area contributed by atoms with Gasteiger partial charge in [-0.05, 0) is 56.5 Å². The van der Waals surface area contributed by atoms with Gasteiger partial charge in [0.2, 0.25) is 11.8 Å². The summed E-state index contributed by atoms with van der Waals surface area (Å²) in [4.78, 5) is 39.1. The van der Waals surface area contributed by atoms with Crippen molar-refractivity contribution < 1.29 is 27.7 Å². The molecule has 0 heterocycles. The molecule has 0 spiro atoms. The zero-order valence-electron chi connectivity index (χ0n) is 25.5. The van der Waals surface area contributed by atoms with E-state index in [0.717, 1.165) is 21.5 Å². The molecule has 1 atom stereocenters. The van der Waals surface area contributed by atoms with E-state index in [2.05, 4.69) is 5.32 Å². The number of nitrogens with zero attached hydrogens (tertiary/aromatic N) is 3. The van der Waals surface area contributed by atoms with Gasteiger partial charge in [-0.2, -0.15) is 0 Å². The molecule has 0 aliphatic carbocycles. The average Bonchev–Trinajstić information content (AvgIpc) is 2.97. The minimum absolute atomic E-state index is 0.0198. The van der Waals surface area contributed by atoms with Gasteiger partial charge < -0.3 is 15.0 Å². The van der Waals surface area contributed by atoms with Crippen LogP contribution in [0.15, 0.2) is 65.6 Å². The molecule has 0 fully saturated rings. The summed E-state index contributed by atoms with van der Waals surface area (Å²) in [6, 6.07) is 14.2. The van der Waals surface area contributed by atoms with Crippen LogP contribution in [-0.2, 0) is 26.2 Å². The van der Waals surface area contributed by atoms with Crippen molar-refractivity contribution in [3.8, 4) is 5.75 Å². The van der Waals surface area contributed by atoms with Crippen LogP contribution in [0.4, 0.5) is 11.4 Å². The highest BCUT2D eigenvalue weighted by Crippen LogP contribution is 2.36. The largest absolute Gasteiger partial charge is 0.495 e. The Morgan fingerprint density at radius 2 is 1.68 bits per heavy atom. The fourth-order valence-corrected chi connectivity index (χ4v) is 5.97. The van der Waals surface area contributed by atoms with Crippen LogP contribution in [0.3, 0.4) is 0 Å². The van der Waals surface area contributed by atoms with Crippen LogP contribution < -0.4 is 14.4 Å². The van der Waals surface area contributed by atoms with E-state index in [4.69, 9.17) is 16.3 Å². The number of carbonyl (C=O) groups is 2. The number of carbonyl (C=O) groups excluding carboxylic acids is 2. The maximum absolute atomic E-state index is 14.2. The fraction of sp³-hybridized carbons (Fsp3) is 0.355. The molecule has 3 aromatic carbocycles. The minimum Gasteiger partial charge on any atom is -0.495 e. The number of nitrogens with one attached hydrogen (secondary N) is 1. The number of aryl methyl sites for hydroxylation is 2. The molecule has 13 heteroatoms. The number of nitro groups is 1. The molecule has 0 saturated carbocycles. The number of amides is 2. The summed E-state index contributed by atoms with van der Waals surface area (Å²) < 4.78 is 34.6. The van der Waals surface area contributed by atoms with Crippen molar-refractivity contribution in [3.63, 3.8) is 0 Å². The predicted octanol–water partition coefficient (Wildman–Crippen LogP) is 5.26. The van der Waals surface area contributed by atoms with Crippen molar-refractivity contribution in [1.29, 1.82) is 0 Å². The third-order valence-electron chi connectivity index (χ3n) is 6.98. The molecule has 0 aliphatic rings. The summed E-state index contributed by atoms with van der Waals surface area (Å²) in [5.41, 5.74) is 1.56. The molecule has 0 bridgehead atoms. The molecule has 0 aromatic heterocycles. The summed E-state index contributed by atoms with van der Waals surface area (Å²) in [5, 5.41) is 14.6. The summed E-state index contributed by atoms with van der Waals surface area (Å²) in [7, 11) is -3.27. The molecule has 0 radical (unpaired) electrons. The first-order valence-corrected chi connectivity index (χ1v) is 15.7. The molecular weight excluding hydrogens is 608 g/mol. The molecule has 1 N–H and O–H groups in total. The van der Waals surface area contributed by atoms with Crippen molar-refractivity contribution in [3.05, 3.63) is 92.5 Å². The SMILES string of the molecule is COc1ccc(Cl)cc1N(CC(=O)N(Cc1ccc(C)cc1)[C@H](C)C(=O)NCC(C)C)S(=O)(=O)c1ccc(C)c([N+](=O)[O-])c1. The number of nitro benzene ring substituents is 1. The van der Waals surface area contributed by atoms with E-state index in [0.29, 0.717) is 6.54 Å². The molecule has 236 valence electrons. The van der Waals surface area contributed by atoms with Gasteiger partial charge in [0.25, 0.3) is 15.7 Å². The second-order valence-electron chi connectivity index (χ2n) is 10.9. The number of benzene rings is 3. The number of sulfonamides is 1. The highest BCUT2D eigenvalue weighted by Gasteiger charge is 2.35. The van der Waals surface area contributed by atoms with Gasteiger partial charge in [0.05, 0.1) is 22.6 Å². The van der Waals surface area contributed by atoms with Gasteiger partial charge in [-0.25, -0.2) is 8.42 Å². The van der Waals surface area contributed by atoms with Crippen LogP contribution in [-0.4, -0.2) is 56.3 Å². The molecule has 44 heavy (non-hydrogen) atoms. The van der Waals surface area contributed by atoms with Crippen LogP contribution in [0.1, 0.15) is 37.5 Å². The molecule has 3 aromatic rings. The van der Waals surface area contributed by atoms with Gasteiger partial charge in [-0.15, -0.1) is 0 Å². The first-order chi connectivity index (χ1) is 20.6. The maximum Gasteiger partial charge on any atom is 0.273 e. The quantitative estimate of drug-likeness (QED) is 0.198. The Morgan fingerprint density at radius 3 is 2.27 bits per heavy atom. The smallest absolute Gasteiger partial charge is 0.273 e. The normalized spacial score (nSPS) is 12.0. The number of methoxy groups -OCH3 is 1. The van der Waals surface area contributed by atoms with Gasteiger partial charge in [-0.1, -0.05) is 61.3 Å². The van der Waals surface area contributed by atoms with Gasteiger partial charge in [0.15, 0.2) is 0 Å². The Kier molecular flexibility index (Phi) is 11.3. The predicted molar refractivity (Wildman–Crippen MR) is 169 cm³/mol. The van der Waals surface area contributed by atoms with E-state index in [-0.39, 0.29) is 34.5 Å². The number of rotatable bonds is 13. The minimum atomic E-state index is -4.61. The fourth-order valence-electron chi connectivity index (χ4n) is 4.37. The van der Waals surface area contributed by atoms with E-state index in [9.17, 15) is 28.1 Å². The lowest BCUT2D eigenvalue weighted by molar-refractivity contribution is -0.385. The number of ether oxygens (including phenoxy) is 1. The van der Waals surface area contributed by atoms with Crippen LogP contribution in [0, 0.1) is 29.9 Å². The number of hydrogen-bond donors (Lipinski definition) is 1. The lowest BCUT2D eigenvalue weighted by atomic mass is 10.1. The number of hydrogen-bond acceptors (Lipinski definition) is 7. The maximum atomic E-state index is 14.2. The highest BCUT2D eigenvalue weighted by molar-refractivity contribution is 7.92. The highest BCUT2D eigenvalue weighted by atomic mass is 35.5. The summed E-state index contributed by atoms with van der Waals surface area (Å²) in [6.07, 6.45) is 0. The first kappa shape index (κ1) is 34.3. The molecule has 3 rings (SSSR count). The van der Waals surface area contributed by atoms with Gasteiger partial charge in [0.1, 0.15) is 18.3 Å². The van der Waals surface area contributed by atoms with Crippen LogP contribution in [0.2, 0.25) is 5.02 Å². The lowest BCUT2D eigenvalue weighted by Crippen LogP contribution is -2.51. The molecule has 0 saturated heterocycles. The Bertz CT molecular complexity index is 1630. The van der Waals surface area contributed by atoms with E-state index >= 15 is 0 Å². The van der Waals surface area contributed by atoms with Gasteiger partial charge >= 0.3 is 0 Å². The van der Waals surface area contributed by atoms with Crippen molar-refractivity contribution in [2.45, 2.75) is 52.1 Å². The van der Waals surface area contributed by atoms with E-state index in [1.807, 2.05) is 45.0 Å². The van der Waals surface area contributed by atoms with E-state index in [1.54, 1.807) is 6.92 Å². The van der Waals surface area contributed by atoms with Crippen LogP contribution >= 0.6 is 11.6 Å². The summed E-state index contributed by atoms with van der Waals surface area (Å²) in [6.45, 7) is 8.52. The molecular formula is C31H37ClN4O7S. The Balaban J connectivity index is 2.14. The van der Waals surface area contributed by atoms with Crippen molar-refractivity contribution in [1.82, 2.24) is 10.2 Å². The molecule has 0 aliphatic heterocycles. The zero-order valence-corrected chi connectivity index (χ0v) is 27.1. The molecule has 2 amide bonds. The summed E-state index contributed by atoms with van der Waals surface area (Å²) in [5.74, 6) is -0.824. The van der Waals surface area contributed by atoms with Crippen molar-refractivity contribution in [2.75, 3.05) is 24.5 Å². The van der Waals surface area contributed by atoms with E-state index < -0.39 is 49.9 Å². The molecule has 0 unspecified atom stereocenters. The van der Waals surface area contributed by atoms with Gasteiger partial charge in [-0.3, -0.25) is 24.0 Å². The standard InChI is InChI=1S/C31H37ClN4O7S/c1-20(2)17-33-31(38)23(5)34(18-24-10-7-21(3)8-11-24)30(37)19-35(28-15-25(32)12-14-29(28)43-6)44(41,42)26-13-9-22(4)27(16-26)36(39)40/h7-16,20,23H,17-19H2,1-6H3,(H,33,38)/t23-/m1/s1. The first-order valence-electron chi connectivity index (χ1n) is 13.9. The third-order valence-corrected chi connectivity index (χ3v) is 8.97. The molecule has 11 nitrogen and oxygen atoms in total. The van der Waals surface area contributed by atoms with E-state index in [1.165, 1.54) is 49.3 Å². The number of anilines is 1. The van der Waals surface area contributed by atoms with Crippen LogP contribution in [0.5, 0.6) is 5.75 Å². The van der Waals surface area contributed by atoms with Gasteiger partial charge in [0, 0.05) is 29.7 Å². The number of halogens is 1. The second kappa shape index (κ2) is 14.5. The summed E-state index contributed by atoms with van der Waals surface area (Å²) >= 11 is 6.26. The van der Waals surface area contributed by atoms with Crippen molar-refractivity contribution >= 4 is 44.8 Å². The second-order valence-corrected chi connectivity index (χ2v) is 13.2. The Hall–Kier alpha value is -4.16. The topological polar surface area (TPSA) is 139 Å². The zero-order chi connectivity index (χ0) is 32.8.